The number of hydrogen-bond donors (Lipinski definition) is 1. The molecule has 0 bridgehead atoms. The Hall–Kier alpha value is -0.830. The first kappa shape index (κ1) is 9.26. The fourth-order valence-electron chi connectivity index (χ4n) is 1.27. The van der Waals surface area contributed by atoms with Crippen molar-refractivity contribution in [2.24, 2.45) is 5.92 Å². The first-order valence-corrected chi connectivity index (χ1v) is 4.31. The fourth-order valence-corrected chi connectivity index (χ4v) is 1.27. The second-order valence-corrected chi connectivity index (χ2v) is 3.47. The van der Waals surface area contributed by atoms with E-state index in [0.29, 0.717) is 0 Å². The number of ether oxygens (including phenoxy) is 1. The molecular formula is C9H16NO2+. The highest BCUT2D eigenvalue weighted by Crippen LogP contribution is 2.17. The molecule has 0 heterocycles. The van der Waals surface area contributed by atoms with Gasteiger partial charge in [-0.2, -0.15) is 0 Å². The average Bonchev–Trinajstić information content (AvgIpc) is 2.34. The summed E-state index contributed by atoms with van der Waals surface area (Å²) in [6, 6.07) is 0.273. The van der Waals surface area contributed by atoms with Crippen molar-refractivity contribution in [1.29, 1.82) is 0 Å². The molecule has 1 aliphatic carbocycles. The monoisotopic (exact) mass is 170 g/mol. The van der Waals surface area contributed by atoms with Crippen LogP contribution < -0.4 is 5.73 Å². The summed E-state index contributed by atoms with van der Waals surface area (Å²) < 4.78 is 5.06. The van der Waals surface area contributed by atoms with E-state index in [-0.39, 0.29) is 24.0 Å². The molecule has 0 spiro atoms. The van der Waals surface area contributed by atoms with Crippen LogP contribution in [0.5, 0.6) is 0 Å². The van der Waals surface area contributed by atoms with E-state index in [0.717, 1.165) is 6.42 Å². The largest absolute Gasteiger partial charge is 0.463 e. The number of esters is 1. The first-order chi connectivity index (χ1) is 5.59. The van der Waals surface area contributed by atoms with E-state index < -0.39 is 0 Å². The van der Waals surface area contributed by atoms with Crippen LogP contribution in [0.25, 0.3) is 0 Å². The molecule has 3 nitrogen and oxygen atoms in total. The van der Waals surface area contributed by atoms with E-state index >= 15 is 0 Å². The van der Waals surface area contributed by atoms with Crippen molar-refractivity contribution in [3.8, 4) is 0 Å². The van der Waals surface area contributed by atoms with Crippen molar-refractivity contribution in [3.05, 3.63) is 12.2 Å². The number of rotatable bonds is 2. The zero-order valence-electron chi connectivity index (χ0n) is 7.62. The molecule has 0 saturated heterocycles. The minimum atomic E-state index is -0.118. The molecular weight excluding hydrogens is 154 g/mol. The van der Waals surface area contributed by atoms with Gasteiger partial charge >= 0.3 is 5.97 Å². The van der Waals surface area contributed by atoms with Crippen molar-refractivity contribution in [2.45, 2.75) is 32.4 Å². The normalized spacial score (nSPS) is 28.0. The third kappa shape index (κ3) is 2.34. The molecule has 0 aromatic heterocycles. The Morgan fingerprint density at radius 2 is 2.25 bits per heavy atom. The van der Waals surface area contributed by atoms with Crippen molar-refractivity contribution in [3.63, 3.8) is 0 Å². The number of carbonyl (C=O) groups is 1. The Morgan fingerprint density at radius 1 is 1.58 bits per heavy atom. The minimum absolute atomic E-state index is 0.0187. The molecule has 1 rings (SSSR count). The van der Waals surface area contributed by atoms with Gasteiger partial charge < -0.3 is 10.5 Å². The topological polar surface area (TPSA) is 53.9 Å². The summed E-state index contributed by atoms with van der Waals surface area (Å²) in [6.07, 6.45) is 4.63. The first-order valence-electron chi connectivity index (χ1n) is 4.31. The molecule has 1 aliphatic rings. The molecule has 3 N–H and O–H groups in total. The van der Waals surface area contributed by atoms with Crippen LogP contribution in [0, 0.1) is 5.92 Å². The van der Waals surface area contributed by atoms with Gasteiger partial charge in [0.25, 0.3) is 0 Å². The zero-order chi connectivity index (χ0) is 9.14. The van der Waals surface area contributed by atoms with Gasteiger partial charge in [-0.25, -0.2) is 0 Å². The molecule has 0 aromatic carbocycles. The summed E-state index contributed by atoms with van der Waals surface area (Å²) in [6.45, 7) is 3.72. The maximum atomic E-state index is 11.3. The van der Waals surface area contributed by atoms with Crippen LogP contribution in [-0.4, -0.2) is 18.1 Å². The Morgan fingerprint density at radius 3 is 2.67 bits per heavy atom. The lowest BCUT2D eigenvalue weighted by Gasteiger charge is -2.11. The summed E-state index contributed by atoms with van der Waals surface area (Å²) in [5.41, 5.74) is 3.85. The molecule has 0 saturated carbocycles. The summed E-state index contributed by atoms with van der Waals surface area (Å²) in [5, 5.41) is 0. The highest BCUT2D eigenvalue weighted by Gasteiger charge is 2.26. The zero-order valence-corrected chi connectivity index (χ0v) is 7.62. The fraction of sp³-hybridized carbons (Fsp3) is 0.667. The molecule has 68 valence electrons. The quantitative estimate of drug-likeness (QED) is 0.473. The van der Waals surface area contributed by atoms with Crippen molar-refractivity contribution < 1.29 is 15.3 Å². The lowest BCUT2D eigenvalue weighted by molar-refractivity contribution is -0.403. The van der Waals surface area contributed by atoms with Gasteiger partial charge in [0.1, 0.15) is 6.04 Å². The standard InChI is InChI=1S/C9H15NO2/c1-6(2)12-9(11)7-3-4-8(10)5-7/h3-4,6-8H,5,10H2,1-2H3/p+1/t7-,8+/m1/s1. The van der Waals surface area contributed by atoms with Crippen molar-refractivity contribution in [1.82, 2.24) is 0 Å². The van der Waals surface area contributed by atoms with Crippen LogP contribution in [-0.2, 0) is 9.53 Å². The van der Waals surface area contributed by atoms with Gasteiger partial charge in [0.2, 0.25) is 0 Å². The lowest BCUT2D eigenvalue weighted by atomic mass is 10.1. The van der Waals surface area contributed by atoms with Crippen LogP contribution in [0.15, 0.2) is 12.2 Å². The summed E-state index contributed by atoms with van der Waals surface area (Å²) in [5.74, 6) is -0.178. The van der Waals surface area contributed by atoms with Gasteiger partial charge in [0.05, 0.1) is 12.0 Å². The van der Waals surface area contributed by atoms with Crippen LogP contribution in [0.4, 0.5) is 0 Å². The maximum Gasteiger partial charge on any atom is 0.313 e. The summed E-state index contributed by atoms with van der Waals surface area (Å²) in [4.78, 5) is 11.3. The predicted molar refractivity (Wildman–Crippen MR) is 45.2 cm³/mol. The molecule has 0 aliphatic heterocycles. The molecule has 2 atom stereocenters. The summed E-state index contributed by atoms with van der Waals surface area (Å²) >= 11 is 0. The highest BCUT2D eigenvalue weighted by molar-refractivity contribution is 5.75. The second kappa shape index (κ2) is 3.72. The van der Waals surface area contributed by atoms with Gasteiger partial charge in [-0.3, -0.25) is 4.79 Å². The van der Waals surface area contributed by atoms with Crippen LogP contribution in [0.3, 0.4) is 0 Å². The predicted octanol–water partition coefficient (Wildman–Crippen LogP) is 0.125. The summed E-state index contributed by atoms with van der Waals surface area (Å²) in [7, 11) is 0. The maximum absolute atomic E-state index is 11.3. The van der Waals surface area contributed by atoms with Crippen molar-refractivity contribution in [2.75, 3.05) is 0 Å². The van der Waals surface area contributed by atoms with E-state index in [1.165, 1.54) is 0 Å². The van der Waals surface area contributed by atoms with Crippen LogP contribution in [0.1, 0.15) is 20.3 Å². The highest BCUT2D eigenvalue weighted by atomic mass is 16.5. The molecule has 0 unspecified atom stereocenters. The van der Waals surface area contributed by atoms with Gasteiger partial charge in [0, 0.05) is 6.42 Å². The van der Waals surface area contributed by atoms with Crippen LogP contribution in [0.2, 0.25) is 0 Å². The van der Waals surface area contributed by atoms with E-state index in [9.17, 15) is 4.79 Å². The third-order valence-electron chi connectivity index (χ3n) is 1.83. The Bertz CT molecular complexity index is 199. The van der Waals surface area contributed by atoms with Crippen LogP contribution >= 0.6 is 0 Å². The van der Waals surface area contributed by atoms with Gasteiger partial charge in [0.15, 0.2) is 0 Å². The van der Waals surface area contributed by atoms with E-state index in [2.05, 4.69) is 5.73 Å². The van der Waals surface area contributed by atoms with E-state index in [4.69, 9.17) is 4.74 Å². The van der Waals surface area contributed by atoms with Gasteiger partial charge in [-0.05, 0) is 19.9 Å². The number of hydrogen-bond acceptors (Lipinski definition) is 2. The Kier molecular flexibility index (Phi) is 2.87. The Balaban J connectivity index is 2.39. The lowest BCUT2D eigenvalue weighted by Crippen LogP contribution is -2.59. The molecule has 0 amide bonds. The Labute approximate surface area is 72.6 Å². The van der Waals surface area contributed by atoms with Crippen molar-refractivity contribution >= 4 is 5.97 Å². The molecule has 3 heteroatoms. The number of quaternary nitrogens is 1. The molecule has 0 radical (unpaired) electrons. The van der Waals surface area contributed by atoms with E-state index in [1.54, 1.807) is 0 Å². The molecule has 0 aromatic rings. The van der Waals surface area contributed by atoms with Gasteiger partial charge in [-0.1, -0.05) is 6.08 Å². The second-order valence-electron chi connectivity index (χ2n) is 3.47. The smallest absolute Gasteiger partial charge is 0.313 e. The van der Waals surface area contributed by atoms with Gasteiger partial charge in [-0.15, -0.1) is 0 Å². The van der Waals surface area contributed by atoms with E-state index in [1.807, 2.05) is 26.0 Å². The SMILES string of the molecule is CC(C)OC(=O)[C@@H]1C=C[C@H]([NH3+])C1. The number of carbonyl (C=O) groups excluding carboxylic acids is 1. The average molecular weight is 170 g/mol. The minimum Gasteiger partial charge on any atom is -0.463 e. The molecule has 0 fully saturated rings. The third-order valence-corrected chi connectivity index (χ3v) is 1.83. The molecule has 12 heavy (non-hydrogen) atoms.